The molecule has 0 spiro atoms. The number of imidazole rings is 1. The van der Waals surface area contributed by atoms with Gasteiger partial charge in [-0.15, -0.1) is 11.3 Å². The lowest BCUT2D eigenvalue weighted by molar-refractivity contribution is 0.0465. The van der Waals surface area contributed by atoms with Crippen molar-refractivity contribution in [3.05, 3.63) is 35.6 Å². The molecule has 1 atom stereocenters. The van der Waals surface area contributed by atoms with Crippen molar-refractivity contribution in [3.63, 3.8) is 0 Å². The minimum atomic E-state index is -0.393. The second-order valence-electron chi connectivity index (χ2n) is 10.0. The normalized spacial score (nSPS) is 15.0. The van der Waals surface area contributed by atoms with Gasteiger partial charge in [0, 0.05) is 18.7 Å². The molecule has 0 aliphatic carbocycles. The highest BCUT2D eigenvalue weighted by atomic mass is 32.1. The average molecular weight is 583 g/mol. The third-order valence-corrected chi connectivity index (χ3v) is 7.76. The van der Waals surface area contributed by atoms with Gasteiger partial charge in [0.2, 0.25) is 11.7 Å². The lowest BCUT2D eigenvalue weighted by Gasteiger charge is -2.23. The highest BCUT2D eigenvalue weighted by Crippen LogP contribution is 2.40. The highest BCUT2D eigenvalue weighted by Gasteiger charge is 2.28. The Kier molecular flexibility index (Phi) is 8.45. The van der Waals surface area contributed by atoms with Crippen LogP contribution in [0, 0.1) is 5.92 Å². The van der Waals surface area contributed by atoms with E-state index in [1.165, 1.54) is 11.3 Å². The number of esters is 1. The molecule has 41 heavy (non-hydrogen) atoms. The van der Waals surface area contributed by atoms with E-state index in [4.69, 9.17) is 28.9 Å². The first-order valence-electron chi connectivity index (χ1n) is 13.3. The zero-order valence-electron chi connectivity index (χ0n) is 23.7. The molecule has 0 amide bonds. The van der Waals surface area contributed by atoms with Gasteiger partial charge >= 0.3 is 5.97 Å². The van der Waals surface area contributed by atoms with Crippen molar-refractivity contribution in [3.8, 4) is 22.9 Å². The van der Waals surface area contributed by atoms with Gasteiger partial charge < -0.3 is 38.8 Å². The van der Waals surface area contributed by atoms with Crippen LogP contribution in [0.3, 0.4) is 0 Å². The minimum absolute atomic E-state index is 0.0145. The molecule has 1 saturated heterocycles. The highest BCUT2D eigenvalue weighted by molar-refractivity contribution is 7.20. The first kappa shape index (κ1) is 28.4. The van der Waals surface area contributed by atoms with E-state index in [0.29, 0.717) is 56.5 Å². The van der Waals surface area contributed by atoms with Crippen molar-refractivity contribution >= 4 is 45.1 Å². The number of rotatable bonds is 11. The fourth-order valence-electron chi connectivity index (χ4n) is 4.70. The second-order valence-corrected chi connectivity index (χ2v) is 11.1. The number of anilines is 3. The summed E-state index contributed by atoms with van der Waals surface area (Å²) >= 11 is 1.26. The summed E-state index contributed by atoms with van der Waals surface area (Å²) in [6.07, 6.45) is 5.26. The molecule has 218 valence electrons. The Morgan fingerprint density at radius 2 is 1.90 bits per heavy atom. The Balaban J connectivity index is 1.51. The standard InChI is InChI=1S/C28H34N6O6S/c1-16(2)14-40-27(36)22-11-19-25(31-28(32-26(19)41-22)34-8-6-7-17(34)13-35)30-23-12-33(15-29-23)18-9-20(37-3)24(39-5)21(10-18)38-4/h9-12,15-17,35H,6-8,13-14H2,1-5H3,(H,30,31,32). The van der Waals surface area contributed by atoms with E-state index in [-0.39, 0.29) is 18.6 Å². The van der Waals surface area contributed by atoms with E-state index in [1.807, 2.05) is 41.6 Å². The molecule has 1 unspecified atom stereocenters. The number of carbonyl (C=O) groups is 1. The monoisotopic (exact) mass is 582 g/mol. The summed E-state index contributed by atoms with van der Waals surface area (Å²) in [6, 6.07) is 5.34. The smallest absolute Gasteiger partial charge is 0.348 e. The summed E-state index contributed by atoms with van der Waals surface area (Å²) in [6.45, 7) is 5.06. The number of nitrogens with one attached hydrogen (secondary N) is 1. The first-order valence-corrected chi connectivity index (χ1v) is 14.1. The number of aliphatic hydroxyl groups excluding tert-OH is 1. The van der Waals surface area contributed by atoms with Gasteiger partial charge in [0.15, 0.2) is 11.5 Å². The van der Waals surface area contributed by atoms with Gasteiger partial charge in [0.25, 0.3) is 0 Å². The molecule has 13 heteroatoms. The largest absolute Gasteiger partial charge is 0.493 e. The summed E-state index contributed by atoms with van der Waals surface area (Å²) < 4.78 is 23.7. The van der Waals surface area contributed by atoms with Crippen molar-refractivity contribution < 1.29 is 28.8 Å². The lowest BCUT2D eigenvalue weighted by atomic mass is 10.2. The number of aliphatic hydroxyl groups is 1. The molecule has 1 aromatic carbocycles. The van der Waals surface area contributed by atoms with E-state index >= 15 is 0 Å². The molecule has 3 aromatic heterocycles. The summed E-state index contributed by atoms with van der Waals surface area (Å²) in [5, 5.41) is 13.9. The zero-order valence-corrected chi connectivity index (χ0v) is 24.5. The maximum Gasteiger partial charge on any atom is 0.348 e. The molecule has 5 rings (SSSR count). The second kappa shape index (κ2) is 12.2. The van der Waals surface area contributed by atoms with Crippen LogP contribution in [0.5, 0.6) is 17.2 Å². The van der Waals surface area contributed by atoms with Crippen LogP contribution in [0.25, 0.3) is 15.9 Å². The number of fused-ring (bicyclic) bond motifs is 1. The lowest BCUT2D eigenvalue weighted by Crippen LogP contribution is -2.33. The molecular formula is C28H34N6O6S. The van der Waals surface area contributed by atoms with E-state index < -0.39 is 5.97 Å². The quantitative estimate of drug-likeness (QED) is 0.244. The van der Waals surface area contributed by atoms with Crippen LogP contribution in [0.1, 0.15) is 36.4 Å². The van der Waals surface area contributed by atoms with Crippen molar-refractivity contribution in [2.75, 3.05) is 51.3 Å². The summed E-state index contributed by atoms with van der Waals surface area (Å²) in [5.41, 5.74) is 0.752. The number of nitrogens with zero attached hydrogens (tertiary/aromatic N) is 5. The molecule has 0 bridgehead atoms. The van der Waals surface area contributed by atoms with Crippen LogP contribution in [0.2, 0.25) is 0 Å². The number of ether oxygens (including phenoxy) is 4. The molecule has 2 N–H and O–H groups in total. The van der Waals surface area contributed by atoms with Gasteiger partial charge in [-0.1, -0.05) is 13.8 Å². The van der Waals surface area contributed by atoms with Crippen LogP contribution in [0.4, 0.5) is 17.6 Å². The van der Waals surface area contributed by atoms with Crippen molar-refractivity contribution in [2.45, 2.75) is 32.7 Å². The number of methoxy groups -OCH3 is 3. The number of thiophene rings is 1. The van der Waals surface area contributed by atoms with Crippen molar-refractivity contribution in [1.82, 2.24) is 19.5 Å². The number of aromatic nitrogens is 4. The summed E-state index contributed by atoms with van der Waals surface area (Å²) in [7, 11) is 4.69. The molecule has 4 heterocycles. The van der Waals surface area contributed by atoms with Crippen LogP contribution >= 0.6 is 11.3 Å². The Morgan fingerprint density at radius 1 is 1.15 bits per heavy atom. The maximum atomic E-state index is 12.8. The van der Waals surface area contributed by atoms with Crippen molar-refractivity contribution in [1.29, 1.82) is 0 Å². The molecule has 0 saturated carbocycles. The first-order chi connectivity index (χ1) is 19.8. The molecular weight excluding hydrogens is 548 g/mol. The fraction of sp³-hybridized carbons (Fsp3) is 0.429. The molecule has 12 nitrogen and oxygen atoms in total. The molecule has 1 fully saturated rings. The third kappa shape index (κ3) is 5.86. The Hall–Kier alpha value is -4.10. The van der Waals surface area contributed by atoms with Crippen LogP contribution < -0.4 is 24.4 Å². The Bertz CT molecular complexity index is 1510. The van der Waals surface area contributed by atoms with Gasteiger partial charge in [-0.25, -0.2) is 14.8 Å². The third-order valence-electron chi connectivity index (χ3n) is 6.75. The van der Waals surface area contributed by atoms with Gasteiger partial charge in [0.05, 0.1) is 57.9 Å². The van der Waals surface area contributed by atoms with Crippen LogP contribution in [-0.2, 0) is 4.74 Å². The number of hydrogen-bond acceptors (Lipinski definition) is 12. The van der Waals surface area contributed by atoms with Crippen LogP contribution in [0.15, 0.2) is 30.7 Å². The number of carbonyl (C=O) groups excluding carboxylic acids is 1. The molecule has 1 aliphatic rings. The van der Waals surface area contributed by atoms with E-state index in [0.717, 1.165) is 25.1 Å². The van der Waals surface area contributed by atoms with Crippen LogP contribution in [-0.4, -0.2) is 77.7 Å². The Morgan fingerprint density at radius 3 is 2.56 bits per heavy atom. The number of benzene rings is 1. The molecule has 1 aliphatic heterocycles. The van der Waals surface area contributed by atoms with Gasteiger partial charge in [-0.2, -0.15) is 4.98 Å². The minimum Gasteiger partial charge on any atom is -0.493 e. The van der Waals surface area contributed by atoms with Gasteiger partial charge in [0.1, 0.15) is 27.7 Å². The zero-order chi connectivity index (χ0) is 29.1. The topological polar surface area (TPSA) is 133 Å². The van der Waals surface area contributed by atoms with Crippen molar-refractivity contribution in [2.24, 2.45) is 5.92 Å². The van der Waals surface area contributed by atoms with E-state index in [9.17, 15) is 9.90 Å². The van der Waals surface area contributed by atoms with Gasteiger partial charge in [-0.3, -0.25) is 0 Å². The van der Waals surface area contributed by atoms with E-state index in [2.05, 4.69) is 10.3 Å². The SMILES string of the molecule is COc1cc(-n2cnc(Nc3nc(N4CCCC4CO)nc4sc(C(=O)OCC(C)C)cc34)c2)cc(OC)c1OC. The fourth-order valence-corrected chi connectivity index (χ4v) is 5.62. The number of hydrogen-bond donors (Lipinski definition) is 2. The predicted octanol–water partition coefficient (Wildman–Crippen LogP) is 4.42. The van der Waals surface area contributed by atoms with Gasteiger partial charge in [-0.05, 0) is 24.8 Å². The molecule has 4 aromatic rings. The average Bonchev–Trinajstić information content (AvgIpc) is 3.74. The van der Waals surface area contributed by atoms with E-state index in [1.54, 1.807) is 33.7 Å². The summed E-state index contributed by atoms with van der Waals surface area (Å²) in [5.74, 6) is 2.89. The predicted molar refractivity (Wildman–Crippen MR) is 156 cm³/mol. The summed E-state index contributed by atoms with van der Waals surface area (Å²) in [4.78, 5) is 30.0. The Labute approximate surface area is 241 Å². The molecule has 0 radical (unpaired) electrons. The maximum absolute atomic E-state index is 12.8.